The van der Waals surface area contributed by atoms with Crippen LogP contribution in [0.15, 0.2) is 24.3 Å². The second kappa shape index (κ2) is 8.86. The predicted octanol–water partition coefficient (Wildman–Crippen LogP) is 3.48. The van der Waals surface area contributed by atoms with E-state index in [4.69, 9.17) is 4.74 Å². The van der Waals surface area contributed by atoms with E-state index in [1.807, 2.05) is 38.1 Å². The van der Waals surface area contributed by atoms with E-state index in [1.165, 1.54) is 0 Å². The van der Waals surface area contributed by atoms with Crippen molar-refractivity contribution in [3.63, 3.8) is 0 Å². The Bertz CT molecular complexity index is 395. The lowest BCUT2D eigenvalue weighted by Crippen LogP contribution is -2.31. The van der Waals surface area contributed by atoms with Crippen molar-refractivity contribution >= 4 is 23.4 Å². The lowest BCUT2D eigenvalue weighted by atomic mass is 10.1. The molecule has 3 nitrogen and oxygen atoms in total. The van der Waals surface area contributed by atoms with Gasteiger partial charge >= 0.3 is 5.97 Å². The molecule has 1 aromatic carbocycles. The van der Waals surface area contributed by atoms with Gasteiger partial charge in [-0.15, -0.1) is 0 Å². The molecule has 0 radical (unpaired) electrons. The van der Waals surface area contributed by atoms with Gasteiger partial charge in [0.2, 0.25) is 0 Å². The molecule has 0 bridgehead atoms. The third kappa shape index (κ3) is 5.55. The Hall–Kier alpha value is -1.16. The van der Waals surface area contributed by atoms with E-state index in [9.17, 15) is 4.79 Å². The summed E-state index contributed by atoms with van der Waals surface area (Å²) in [5, 5.41) is 3.31. The number of nitrogens with one attached hydrogen (secondary N) is 1. The lowest BCUT2D eigenvalue weighted by Gasteiger charge is -2.19. The zero-order chi connectivity index (χ0) is 14.1. The largest absolute Gasteiger partial charge is 0.464 e. The van der Waals surface area contributed by atoms with Crippen LogP contribution in [0.25, 0.3) is 0 Å². The van der Waals surface area contributed by atoms with Crippen LogP contribution >= 0.6 is 11.8 Å². The molecule has 1 rings (SSSR count). The average molecular weight is 281 g/mol. The molecular formula is C15H23NO2S. The zero-order valence-corrected chi connectivity index (χ0v) is 12.8. The maximum Gasteiger partial charge on any atom is 0.328 e. The Morgan fingerprint density at radius 3 is 2.79 bits per heavy atom. The molecule has 1 unspecified atom stereocenters. The average Bonchev–Trinajstić information content (AvgIpc) is 2.40. The number of aryl methyl sites for hydroxylation is 1. The Morgan fingerprint density at radius 2 is 2.16 bits per heavy atom. The van der Waals surface area contributed by atoms with Crippen molar-refractivity contribution in [2.75, 3.05) is 23.9 Å². The Kier molecular flexibility index (Phi) is 7.41. The van der Waals surface area contributed by atoms with Crippen LogP contribution in [0.1, 0.15) is 25.3 Å². The minimum absolute atomic E-state index is 0.160. The number of anilines is 1. The van der Waals surface area contributed by atoms with E-state index >= 15 is 0 Å². The first-order valence-corrected chi connectivity index (χ1v) is 8.06. The summed E-state index contributed by atoms with van der Waals surface area (Å²) in [5.41, 5.74) is 2.14. The van der Waals surface area contributed by atoms with E-state index in [0.717, 1.165) is 29.8 Å². The summed E-state index contributed by atoms with van der Waals surface area (Å²) < 4.78 is 5.14. The second-order valence-electron chi connectivity index (χ2n) is 4.40. The van der Waals surface area contributed by atoms with Crippen LogP contribution in [0.2, 0.25) is 0 Å². The van der Waals surface area contributed by atoms with Crippen LogP contribution < -0.4 is 5.32 Å². The molecule has 1 aromatic rings. The maximum atomic E-state index is 12.0. The van der Waals surface area contributed by atoms with Gasteiger partial charge in [0, 0.05) is 5.69 Å². The topological polar surface area (TPSA) is 38.3 Å². The normalized spacial score (nSPS) is 11.9. The van der Waals surface area contributed by atoms with E-state index in [1.54, 1.807) is 11.8 Å². The smallest absolute Gasteiger partial charge is 0.328 e. The van der Waals surface area contributed by atoms with E-state index in [0.29, 0.717) is 6.61 Å². The molecule has 0 amide bonds. The first kappa shape index (κ1) is 15.9. The van der Waals surface area contributed by atoms with Crippen molar-refractivity contribution in [3.05, 3.63) is 29.8 Å². The first-order valence-electron chi connectivity index (χ1n) is 6.66. The van der Waals surface area contributed by atoms with Gasteiger partial charge in [-0.05, 0) is 50.3 Å². The standard InChI is InChI=1S/C15H23NO2S/c1-4-18-15(17)14(10-7-11-19-3)16-13-9-6-5-8-12(13)2/h5-6,8-9,14,16H,4,7,10-11H2,1-3H3. The van der Waals surface area contributed by atoms with Gasteiger partial charge in [0.15, 0.2) is 0 Å². The third-order valence-corrected chi connectivity index (χ3v) is 3.58. The van der Waals surface area contributed by atoms with Gasteiger partial charge in [0.1, 0.15) is 6.04 Å². The monoisotopic (exact) mass is 281 g/mol. The van der Waals surface area contributed by atoms with Crippen molar-refractivity contribution in [1.29, 1.82) is 0 Å². The summed E-state index contributed by atoms with van der Waals surface area (Å²) in [6.07, 6.45) is 3.88. The number of carbonyl (C=O) groups excluding carboxylic acids is 1. The summed E-state index contributed by atoms with van der Waals surface area (Å²) in [6.45, 7) is 4.30. The van der Waals surface area contributed by atoms with Crippen molar-refractivity contribution in [3.8, 4) is 0 Å². The number of thioether (sulfide) groups is 1. The molecule has 0 spiro atoms. The number of hydrogen-bond acceptors (Lipinski definition) is 4. The van der Waals surface area contributed by atoms with Crippen molar-refractivity contribution in [1.82, 2.24) is 0 Å². The highest BCUT2D eigenvalue weighted by molar-refractivity contribution is 7.98. The molecule has 0 saturated carbocycles. The molecule has 4 heteroatoms. The number of benzene rings is 1. The minimum atomic E-state index is -0.256. The molecular weight excluding hydrogens is 258 g/mol. The van der Waals surface area contributed by atoms with Crippen LogP contribution in [0.4, 0.5) is 5.69 Å². The molecule has 0 aliphatic rings. The number of para-hydroxylation sites is 1. The lowest BCUT2D eigenvalue weighted by molar-refractivity contribution is -0.144. The SMILES string of the molecule is CCOC(=O)C(CCCSC)Nc1ccccc1C. The van der Waals surface area contributed by atoms with Crippen molar-refractivity contribution in [2.24, 2.45) is 0 Å². The van der Waals surface area contributed by atoms with E-state index in [-0.39, 0.29) is 12.0 Å². The van der Waals surface area contributed by atoms with E-state index in [2.05, 4.69) is 11.6 Å². The van der Waals surface area contributed by atoms with Gasteiger partial charge in [0.05, 0.1) is 6.61 Å². The third-order valence-electron chi connectivity index (χ3n) is 2.89. The van der Waals surface area contributed by atoms with Crippen LogP contribution in [-0.4, -0.2) is 30.6 Å². The van der Waals surface area contributed by atoms with Crippen molar-refractivity contribution in [2.45, 2.75) is 32.7 Å². The maximum absolute atomic E-state index is 12.0. The molecule has 19 heavy (non-hydrogen) atoms. The van der Waals surface area contributed by atoms with E-state index < -0.39 is 0 Å². The van der Waals surface area contributed by atoms with Crippen LogP contribution in [-0.2, 0) is 9.53 Å². The number of ether oxygens (including phenoxy) is 1. The highest BCUT2D eigenvalue weighted by Gasteiger charge is 2.19. The van der Waals surface area contributed by atoms with Crippen molar-refractivity contribution < 1.29 is 9.53 Å². The molecule has 1 atom stereocenters. The number of carbonyl (C=O) groups is 1. The van der Waals surface area contributed by atoms with Gasteiger partial charge in [-0.1, -0.05) is 18.2 Å². The van der Waals surface area contributed by atoms with Gasteiger partial charge < -0.3 is 10.1 Å². The van der Waals surface area contributed by atoms with Gasteiger partial charge in [-0.2, -0.15) is 11.8 Å². The highest BCUT2D eigenvalue weighted by atomic mass is 32.2. The summed E-state index contributed by atoms with van der Waals surface area (Å²) in [7, 11) is 0. The molecule has 0 aliphatic heterocycles. The van der Waals surface area contributed by atoms with Gasteiger partial charge in [0.25, 0.3) is 0 Å². The van der Waals surface area contributed by atoms with Crippen LogP contribution in [0.5, 0.6) is 0 Å². The molecule has 1 N–H and O–H groups in total. The molecule has 0 fully saturated rings. The summed E-state index contributed by atoms with van der Waals surface area (Å²) >= 11 is 1.80. The van der Waals surface area contributed by atoms with Gasteiger partial charge in [-0.25, -0.2) is 4.79 Å². The quantitative estimate of drug-likeness (QED) is 0.585. The molecule has 0 saturated heterocycles. The fourth-order valence-corrected chi connectivity index (χ4v) is 2.30. The number of rotatable bonds is 8. The fourth-order valence-electron chi connectivity index (χ4n) is 1.85. The second-order valence-corrected chi connectivity index (χ2v) is 5.38. The fraction of sp³-hybridized carbons (Fsp3) is 0.533. The first-order chi connectivity index (χ1) is 9.19. The van der Waals surface area contributed by atoms with Gasteiger partial charge in [-0.3, -0.25) is 0 Å². The number of esters is 1. The Balaban J connectivity index is 2.67. The predicted molar refractivity (Wildman–Crippen MR) is 82.8 cm³/mol. The molecule has 0 aliphatic carbocycles. The van der Waals surface area contributed by atoms with Crippen LogP contribution in [0, 0.1) is 6.92 Å². The number of hydrogen-bond donors (Lipinski definition) is 1. The highest BCUT2D eigenvalue weighted by Crippen LogP contribution is 2.17. The molecule has 0 aromatic heterocycles. The summed E-state index contributed by atoms with van der Waals surface area (Å²) in [6, 6.07) is 7.74. The van der Waals surface area contributed by atoms with Crippen LogP contribution in [0.3, 0.4) is 0 Å². The summed E-state index contributed by atoms with van der Waals surface area (Å²) in [4.78, 5) is 12.0. The Labute approximate surface area is 120 Å². The zero-order valence-electron chi connectivity index (χ0n) is 11.9. The molecule has 0 heterocycles. The molecule has 106 valence electrons. The Morgan fingerprint density at radius 1 is 1.42 bits per heavy atom. The minimum Gasteiger partial charge on any atom is -0.464 e. The summed E-state index contributed by atoms with van der Waals surface area (Å²) in [5.74, 6) is 0.901.